The van der Waals surface area contributed by atoms with Gasteiger partial charge in [-0.15, -0.1) is 0 Å². The van der Waals surface area contributed by atoms with Crippen molar-refractivity contribution in [2.24, 2.45) is 0 Å². The molecule has 8 nitrogen and oxygen atoms in total. The summed E-state index contributed by atoms with van der Waals surface area (Å²) in [7, 11) is 0. The summed E-state index contributed by atoms with van der Waals surface area (Å²) in [6.07, 6.45) is 2.55. The van der Waals surface area contributed by atoms with Gasteiger partial charge in [-0.05, 0) is 30.2 Å². The molecule has 8 heteroatoms. The van der Waals surface area contributed by atoms with Gasteiger partial charge in [-0.3, -0.25) is 9.69 Å². The minimum absolute atomic E-state index is 0.146. The summed E-state index contributed by atoms with van der Waals surface area (Å²) in [5, 5.41) is 2.86. The average Bonchev–Trinajstić information content (AvgIpc) is 3.20. The van der Waals surface area contributed by atoms with Crippen LogP contribution >= 0.6 is 0 Å². The Hall–Kier alpha value is -2.87. The third-order valence-corrected chi connectivity index (χ3v) is 4.91. The van der Waals surface area contributed by atoms with E-state index in [9.17, 15) is 4.79 Å². The van der Waals surface area contributed by atoms with Crippen LogP contribution in [0.1, 0.15) is 29.4 Å². The molecule has 0 saturated carbocycles. The molecular formula is C20H25N5O3. The summed E-state index contributed by atoms with van der Waals surface area (Å²) >= 11 is 0. The molecule has 3 heterocycles. The van der Waals surface area contributed by atoms with Crippen molar-refractivity contribution in [3.05, 3.63) is 41.7 Å². The lowest BCUT2D eigenvalue weighted by molar-refractivity contribution is 0.0948. The maximum absolute atomic E-state index is 12.1. The first-order chi connectivity index (χ1) is 13.7. The SMILES string of the molecule is CCCNC(=O)c1ccnc(N2CCN(Cc3ccc4c(c3)OCO4)CC2)n1. The van der Waals surface area contributed by atoms with E-state index in [1.54, 1.807) is 12.3 Å². The van der Waals surface area contributed by atoms with Crippen molar-refractivity contribution < 1.29 is 14.3 Å². The Morgan fingerprint density at radius 2 is 1.96 bits per heavy atom. The molecule has 1 amide bonds. The van der Waals surface area contributed by atoms with E-state index in [0.29, 0.717) is 25.0 Å². The summed E-state index contributed by atoms with van der Waals surface area (Å²) in [5.74, 6) is 2.11. The monoisotopic (exact) mass is 383 g/mol. The molecule has 1 saturated heterocycles. The molecule has 0 radical (unpaired) electrons. The summed E-state index contributed by atoms with van der Waals surface area (Å²) < 4.78 is 10.8. The van der Waals surface area contributed by atoms with Crippen LogP contribution in [0, 0.1) is 0 Å². The minimum Gasteiger partial charge on any atom is -0.454 e. The molecular weight excluding hydrogens is 358 g/mol. The molecule has 2 aromatic rings. The number of benzene rings is 1. The number of aromatic nitrogens is 2. The van der Waals surface area contributed by atoms with Crippen molar-refractivity contribution in [1.82, 2.24) is 20.2 Å². The van der Waals surface area contributed by atoms with Gasteiger partial charge in [-0.2, -0.15) is 0 Å². The highest BCUT2D eigenvalue weighted by Gasteiger charge is 2.21. The number of hydrogen-bond donors (Lipinski definition) is 1. The van der Waals surface area contributed by atoms with Crippen LogP contribution in [0.5, 0.6) is 11.5 Å². The molecule has 0 spiro atoms. The lowest BCUT2D eigenvalue weighted by atomic mass is 10.1. The number of fused-ring (bicyclic) bond motifs is 1. The summed E-state index contributed by atoms with van der Waals surface area (Å²) in [4.78, 5) is 25.5. The molecule has 148 valence electrons. The third-order valence-electron chi connectivity index (χ3n) is 4.91. The van der Waals surface area contributed by atoms with Gasteiger partial charge in [-0.1, -0.05) is 13.0 Å². The third kappa shape index (κ3) is 4.17. The Kier molecular flexibility index (Phi) is 5.57. The first-order valence-corrected chi connectivity index (χ1v) is 9.70. The van der Waals surface area contributed by atoms with Crippen molar-refractivity contribution in [2.75, 3.05) is 44.4 Å². The van der Waals surface area contributed by atoms with Gasteiger partial charge in [0.15, 0.2) is 11.5 Å². The highest BCUT2D eigenvalue weighted by molar-refractivity contribution is 5.92. The highest BCUT2D eigenvalue weighted by Crippen LogP contribution is 2.32. The molecule has 2 aliphatic heterocycles. The molecule has 0 bridgehead atoms. The molecule has 1 aromatic heterocycles. The first-order valence-electron chi connectivity index (χ1n) is 9.70. The summed E-state index contributed by atoms with van der Waals surface area (Å²) in [6, 6.07) is 7.76. The lowest BCUT2D eigenvalue weighted by Crippen LogP contribution is -2.46. The van der Waals surface area contributed by atoms with Crippen LogP contribution < -0.4 is 19.7 Å². The van der Waals surface area contributed by atoms with Crippen LogP contribution in [0.3, 0.4) is 0 Å². The maximum Gasteiger partial charge on any atom is 0.270 e. The van der Waals surface area contributed by atoms with E-state index in [0.717, 1.165) is 50.6 Å². The number of ether oxygens (including phenoxy) is 2. The van der Waals surface area contributed by atoms with Crippen LogP contribution in [0.15, 0.2) is 30.5 Å². The fourth-order valence-electron chi connectivity index (χ4n) is 3.36. The van der Waals surface area contributed by atoms with Crippen molar-refractivity contribution in [2.45, 2.75) is 19.9 Å². The zero-order valence-corrected chi connectivity index (χ0v) is 16.1. The predicted molar refractivity (Wildman–Crippen MR) is 105 cm³/mol. The lowest BCUT2D eigenvalue weighted by Gasteiger charge is -2.34. The Bertz CT molecular complexity index is 836. The van der Waals surface area contributed by atoms with Crippen LogP contribution in [0.2, 0.25) is 0 Å². The van der Waals surface area contributed by atoms with Gasteiger partial charge in [-0.25, -0.2) is 9.97 Å². The zero-order chi connectivity index (χ0) is 19.3. The molecule has 4 rings (SSSR count). The molecule has 28 heavy (non-hydrogen) atoms. The second-order valence-corrected chi connectivity index (χ2v) is 6.95. The first kappa shape index (κ1) is 18.5. The Morgan fingerprint density at radius 3 is 2.79 bits per heavy atom. The van der Waals surface area contributed by atoms with Crippen molar-refractivity contribution in [1.29, 1.82) is 0 Å². The zero-order valence-electron chi connectivity index (χ0n) is 16.1. The van der Waals surface area contributed by atoms with Gasteiger partial charge in [0.05, 0.1) is 0 Å². The topological polar surface area (TPSA) is 79.8 Å². The second-order valence-electron chi connectivity index (χ2n) is 6.95. The van der Waals surface area contributed by atoms with Gasteiger partial charge in [0, 0.05) is 45.5 Å². The average molecular weight is 383 g/mol. The largest absolute Gasteiger partial charge is 0.454 e. The number of piperazine rings is 1. The smallest absolute Gasteiger partial charge is 0.270 e. The minimum atomic E-state index is -0.146. The van der Waals surface area contributed by atoms with E-state index in [4.69, 9.17) is 9.47 Å². The molecule has 0 unspecified atom stereocenters. The second kappa shape index (κ2) is 8.43. The van der Waals surface area contributed by atoms with Gasteiger partial charge < -0.3 is 19.7 Å². The van der Waals surface area contributed by atoms with Gasteiger partial charge in [0.1, 0.15) is 5.69 Å². The van der Waals surface area contributed by atoms with Gasteiger partial charge >= 0.3 is 0 Å². The number of carbonyl (C=O) groups excluding carboxylic acids is 1. The van der Waals surface area contributed by atoms with Gasteiger partial charge in [0.2, 0.25) is 12.7 Å². The number of hydrogen-bond acceptors (Lipinski definition) is 7. The summed E-state index contributed by atoms with van der Waals surface area (Å²) in [5.41, 5.74) is 1.63. The number of rotatable bonds is 6. The maximum atomic E-state index is 12.1. The van der Waals surface area contributed by atoms with Crippen molar-refractivity contribution >= 4 is 11.9 Å². The number of carbonyl (C=O) groups is 1. The van der Waals surface area contributed by atoms with E-state index in [1.165, 1.54) is 5.56 Å². The normalized spacial score (nSPS) is 16.2. The van der Waals surface area contributed by atoms with E-state index in [2.05, 4.69) is 37.2 Å². The highest BCUT2D eigenvalue weighted by atomic mass is 16.7. The quantitative estimate of drug-likeness (QED) is 0.813. The molecule has 1 N–H and O–H groups in total. The van der Waals surface area contributed by atoms with Gasteiger partial charge in [0.25, 0.3) is 5.91 Å². The Balaban J connectivity index is 1.33. The summed E-state index contributed by atoms with van der Waals surface area (Å²) in [6.45, 7) is 7.30. The van der Waals surface area contributed by atoms with E-state index in [1.807, 2.05) is 13.0 Å². The number of amides is 1. The molecule has 1 fully saturated rings. The fourth-order valence-corrected chi connectivity index (χ4v) is 3.36. The van der Waals surface area contributed by atoms with Crippen LogP contribution in [0.4, 0.5) is 5.95 Å². The molecule has 1 aromatic carbocycles. The number of nitrogens with one attached hydrogen (secondary N) is 1. The van der Waals surface area contributed by atoms with Crippen molar-refractivity contribution in [3.8, 4) is 11.5 Å². The van der Waals surface area contributed by atoms with E-state index in [-0.39, 0.29) is 5.91 Å². The molecule has 0 atom stereocenters. The van der Waals surface area contributed by atoms with Crippen LogP contribution in [-0.2, 0) is 6.54 Å². The Labute approximate surface area is 164 Å². The Morgan fingerprint density at radius 1 is 1.14 bits per heavy atom. The van der Waals surface area contributed by atoms with E-state index < -0.39 is 0 Å². The van der Waals surface area contributed by atoms with Crippen LogP contribution in [0.25, 0.3) is 0 Å². The molecule has 0 aliphatic carbocycles. The number of nitrogens with zero attached hydrogens (tertiary/aromatic N) is 4. The van der Waals surface area contributed by atoms with Crippen LogP contribution in [-0.4, -0.2) is 60.3 Å². The number of anilines is 1. The predicted octanol–water partition coefficient (Wildman–Crippen LogP) is 1.67. The standard InChI is InChI=1S/C20H25N5O3/c1-2-6-21-19(26)16-5-7-22-20(23-16)25-10-8-24(9-11-25)13-15-3-4-17-18(12-15)28-14-27-17/h3-5,7,12H,2,6,8-11,13-14H2,1H3,(H,21,26). The molecule has 2 aliphatic rings. The van der Waals surface area contributed by atoms with E-state index >= 15 is 0 Å². The fraction of sp³-hybridized carbons (Fsp3) is 0.450. The van der Waals surface area contributed by atoms with Crippen molar-refractivity contribution in [3.63, 3.8) is 0 Å².